The number of halogens is 4. The Morgan fingerprint density at radius 1 is 1.37 bits per heavy atom. The third-order valence-electron chi connectivity index (χ3n) is 2.21. The first kappa shape index (κ1) is 16.0. The summed E-state index contributed by atoms with van der Waals surface area (Å²) < 4.78 is 37.7. The van der Waals surface area contributed by atoms with Gasteiger partial charge in [-0.25, -0.2) is 0 Å². The van der Waals surface area contributed by atoms with E-state index < -0.39 is 11.7 Å². The number of rotatable bonds is 3. The molecule has 0 spiro atoms. The quantitative estimate of drug-likeness (QED) is 0.814. The van der Waals surface area contributed by atoms with Gasteiger partial charge in [0.2, 0.25) is 0 Å². The Morgan fingerprint density at radius 2 is 2.00 bits per heavy atom. The molecule has 19 heavy (non-hydrogen) atoms. The summed E-state index contributed by atoms with van der Waals surface area (Å²) in [5, 5.41) is 5.99. The summed E-state index contributed by atoms with van der Waals surface area (Å²) in [6, 6.07) is 3.06. The van der Waals surface area contributed by atoms with Crippen molar-refractivity contribution in [3.8, 4) is 0 Å². The fraction of sp³-hybridized carbons (Fsp3) is 0.417. The molecule has 0 radical (unpaired) electrons. The normalized spacial score (nSPS) is 11.5. The maximum atomic E-state index is 12.6. The van der Waals surface area contributed by atoms with Crippen molar-refractivity contribution < 1.29 is 13.2 Å². The largest absolute Gasteiger partial charge is 0.416 e. The van der Waals surface area contributed by atoms with Gasteiger partial charge in [-0.3, -0.25) is 0 Å². The van der Waals surface area contributed by atoms with Crippen molar-refractivity contribution in [1.29, 1.82) is 0 Å². The van der Waals surface area contributed by atoms with Gasteiger partial charge in [-0.1, -0.05) is 25.4 Å². The minimum atomic E-state index is -4.41. The van der Waals surface area contributed by atoms with Crippen LogP contribution in [0.5, 0.6) is 0 Å². The zero-order chi connectivity index (χ0) is 14.6. The molecule has 0 bridgehead atoms. The Kier molecular flexibility index (Phi) is 5.43. The zero-order valence-electron chi connectivity index (χ0n) is 10.4. The highest BCUT2D eigenvalue weighted by atomic mass is 35.5. The molecule has 0 heterocycles. The van der Waals surface area contributed by atoms with Gasteiger partial charge in [0.05, 0.1) is 16.3 Å². The molecule has 1 aromatic rings. The van der Waals surface area contributed by atoms with E-state index in [9.17, 15) is 13.2 Å². The van der Waals surface area contributed by atoms with Crippen LogP contribution >= 0.6 is 23.8 Å². The monoisotopic (exact) mass is 310 g/mol. The Bertz CT molecular complexity index is 461. The third kappa shape index (κ3) is 5.24. The van der Waals surface area contributed by atoms with Gasteiger partial charge in [-0.15, -0.1) is 0 Å². The predicted octanol–water partition coefficient (Wildman–Crippen LogP) is 4.30. The van der Waals surface area contributed by atoms with E-state index in [0.29, 0.717) is 12.5 Å². The molecule has 0 saturated carbocycles. The number of hydrogen-bond acceptors (Lipinski definition) is 1. The maximum Gasteiger partial charge on any atom is 0.416 e. The van der Waals surface area contributed by atoms with E-state index in [-0.39, 0.29) is 15.8 Å². The third-order valence-corrected chi connectivity index (χ3v) is 2.79. The molecule has 2 nitrogen and oxygen atoms in total. The minimum Gasteiger partial charge on any atom is -0.362 e. The highest BCUT2D eigenvalue weighted by molar-refractivity contribution is 7.80. The van der Waals surface area contributed by atoms with Gasteiger partial charge in [0.15, 0.2) is 5.11 Å². The Morgan fingerprint density at radius 3 is 2.53 bits per heavy atom. The fourth-order valence-corrected chi connectivity index (χ4v) is 1.62. The summed E-state index contributed by atoms with van der Waals surface area (Å²) in [6.45, 7) is 4.61. The highest BCUT2D eigenvalue weighted by Crippen LogP contribution is 2.33. The average molecular weight is 311 g/mol. The standard InChI is InChI=1S/C12H14ClF3N2S/c1-7(2)6-17-11(19)18-10-5-8(12(14,15)16)3-4-9(10)13/h3-5,7H,6H2,1-2H3,(H2,17,18,19). The molecule has 7 heteroatoms. The molecule has 1 rings (SSSR count). The van der Waals surface area contributed by atoms with E-state index in [1.807, 2.05) is 13.8 Å². The first-order valence-electron chi connectivity index (χ1n) is 5.61. The van der Waals surface area contributed by atoms with Crippen LogP contribution in [0.25, 0.3) is 0 Å². The number of thiocarbonyl (C=S) groups is 1. The SMILES string of the molecule is CC(C)CNC(=S)Nc1cc(C(F)(F)F)ccc1Cl. The molecule has 0 amide bonds. The summed E-state index contributed by atoms with van der Waals surface area (Å²) >= 11 is 10.8. The molecule has 2 N–H and O–H groups in total. The number of hydrogen-bond donors (Lipinski definition) is 2. The summed E-state index contributed by atoms with van der Waals surface area (Å²) in [4.78, 5) is 0. The predicted molar refractivity (Wildman–Crippen MR) is 75.5 cm³/mol. The summed E-state index contributed by atoms with van der Waals surface area (Å²) in [5.74, 6) is 0.372. The van der Waals surface area contributed by atoms with Gasteiger partial charge < -0.3 is 10.6 Å². The summed E-state index contributed by atoms with van der Waals surface area (Å²) in [5.41, 5.74) is -0.635. The van der Waals surface area contributed by atoms with Crippen LogP contribution in [0.4, 0.5) is 18.9 Å². The summed E-state index contributed by atoms with van der Waals surface area (Å²) in [6.07, 6.45) is -4.41. The molecule has 1 aromatic carbocycles. The molecular formula is C12H14ClF3N2S. The van der Waals surface area contributed by atoms with Crippen molar-refractivity contribution in [2.75, 3.05) is 11.9 Å². The molecule has 0 aromatic heterocycles. The van der Waals surface area contributed by atoms with E-state index in [1.165, 1.54) is 6.07 Å². The number of benzene rings is 1. The lowest BCUT2D eigenvalue weighted by atomic mass is 10.2. The van der Waals surface area contributed by atoms with E-state index in [4.69, 9.17) is 23.8 Å². The molecule has 0 aliphatic rings. The van der Waals surface area contributed by atoms with E-state index >= 15 is 0 Å². The first-order valence-corrected chi connectivity index (χ1v) is 6.40. The van der Waals surface area contributed by atoms with Crippen LogP contribution in [0.1, 0.15) is 19.4 Å². The highest BCUT2D eigenvalue weighted by Gasteiger charge is 2.31. The maximum absolute atomic E-state index is 12.6. The molecule has 0 aliphatic carbocycles. The molecule has 106 valence electrons. The van der Waals surface area contributed by atoms with Gasteiger partial charge >= 0.3 is 6.18 Å². The fourth-order valence-electron chi connectivity index (χ4n) is 1.26. The van der Waals surface area contributed by atoms with Gasteiger partial charge in [0.1, 0.15) is 0 Å². The number of nitrogens with one attached hydrogen (secondary N) is 2. The summed E-state index contributed by atoms with van der Waals surface area (Å²) in [7, 11) is 0. The van der Waals surface area contributed by atoms with Crippen molar-refractivity contribution in [3.05, 3.63) is 28.8 Å². The average Bonchev–Trinajstić information content (AvgIpc) is 2.28. The second-order valence-electron chi connectivity index (χ2n) is 4.42. The molecule has 0 unspecified atom stereocenters. The van der Waals surface area contributed by atoms with Crippen molar-refractivity contribution in [3.63, 3.8) is 0 Å². The first-order chi connectivity index (χ1) is 8.70. The minimum absolute atomic E-state index is 0.137. The van der Waals surface area contributed by atoms with Crippen LogP contribution < -0.4 is 10.6 Å². The lowest BCUT2D eigenvalue weighted by Gasteiger charge is -2.15. The van der Waals surface area contributed by atoms with Crippen molar-refractivity contribution in [2.45, 2.75) is 20.0 Å². The number of anilines is 1. The molecule has 0 aliphatic heterocycles. The van der Waals surface area contributed by atoms with Gasteiger partial charge in [0.25, 0.3) is 0 Å². The van der Waals surface area contributed by atoms with Crippen molar-refractivity contribution in [2.24, 2.45) is 5.92 Å². The van der Waals surface area contributed by atoms with E-state index in [1.54, 1.807) is 0 Å². The van der Waals surface area contributed by atoms with Gasteiger partial charge in [0, 0.05) is 6.54 Å². The van der Waals surface area contributed by atoms with Crippen LogP contribution in [-0.2, 0) is 6.18 Å². The van der Waals surface area contributed by atoms with Crippen molar-refractivity contribution >= 4 is 34.6 Å². The molecule has 0 atom stereocenters. The molecular weight excluding hydrogens is 297 g/mol. The Balaban J connectivity index is 2.80. The van der Waals surface area contributed by atoms with Crippen LogP contribution in [-0.4, -0.2) is 11.7 Å². The van der Waals surface area contributed by atoms with Crippen LogP contribution in [0.2, 0.25) is 5.02 Å². The van der Waals surface area contributed by atoms with Crippen LogP contribution in [0.3, 0.4) is 0 Å². The second-order valence-corrected chi connectivity index (χ2v) is 5.24. The van der Waals surface area contributed by atoms with Gasteiger partial charge in [-0.05, 0) is 36.3 Å². The second kappa shape index (κ2) is 6.43. The van der Waals surface area contributed by atoms with E-state index in [0.717, 1.165) is 12.1 Å². The lowest BCUT2D eigenvalue weighted by molar-refractivity contribution is -0.137. The smallest absolute Gasteiger partial charge is 0.362 e. The van der Waals surface area contributed by atoms with Gasteiger partial charge in [-0.2, -0.15) is 13.2 Å². The van der Waals surface area contributed by atoms with E-state index in [2.05, 4.69) is 10.6 Å². The molecule has 0 fully saturated rings. The van der Waals surface area contributed by atoms with Crippen molar-refractivity contribution in [1.82, 2.24) is 5.32 Å². The van der Waals surface area contributed by atoms with Crippen LogP contribution in [0, 0.1) is 5.92 Å². The Hall–Kier alpha value is -1.01. The zero-order valence-corrected chi connectivity index (χ0v) is 12.0. The Labute approximate surface area is 120 Å². The topological polar surface area (TPSA) is 24.1 Å². The molecule has 0 saturated heterocycles. The lowest BCUT2D eigenvalue weighted by Crippen LogP contribution is -2.31. The number of alkyl halides is 3. The van der Waals surface area contributed by atoms with Crippen LogP contribution in [0.15, 0.2) is 18.2 Å².